The van der Waals surface area contributed by atoms with Gasteiger partial charge >= 0.3 is 5.97 Å². The van der Waals surface area contributed by atoms with Crippen molar-refractivity contribution in [1.82, 2.24) is 19.8 Å². The van der Waals surface area contributed by atoms with Crippen molar-refractivity contribution in [1.29, 1.82) is 0 Å². The molecule has 0 bridgehead atoms. The highest BCUT2D eigenvalue weighted by Gasteiger charge is 2.20. The highest BCUT2D eigenvalue weighted by Crippen LogP contribution is 2.29. The van der Waals surface area contributed by atoms with Gasteiger partial charge in [0.05, 0.1) is 17.0 Å². The Morgan fingerprint density at radius 3 is 2.88 bits per heavy atom. The van der Waals surface area contributed by atoms with E-state index in [0.29, 0.717) is 16.4 Å². The van der Waals surface area contributed by atoms with E-state index in [9.17, 15) is 4.79 Å². The van der Waals surface area contributed by atoms with E-state index in [1.54, 1.807) is 17.5 Å². The van der Waals surface area contributed by atoms with Gasteiger partial charge in [0, 0.05) is 5.02 Å². The number of carbonyl (C=O) groups excluding carboxylic acids is 1. The summed E-state index contributed by atoms with van der Waals surface area (Å²) in [6.45, 7) is 7.25. The summed E-state index contributed by atoms with van der Waals surface area (Å²) < 4.78 is 6.63. The zero-order chi connectivity index (χ0) is 17.3. The predicted molar refractivity (Wildman–Crippen MR) is 91.2 cm³/mol. The molecule has 1 aromatic carbocycles. The third-order valence-electron chi connectivity index (χ3n) is 3.58. The van der Waals surface area contributed by atoms with Gasteiger partial charge in [0.1, 0.15) is 6.61 Å². The Morgan fingerprint density at radius 2 is 2.17 bits per heavy atom. The zero-order valence-corrected chi connectivity index (χ0v) is 14.0. The van der Waals surface area contributed by atoms with Crippen LogP contribution in [0.1, 0.15) is 21.9 Å². The second-order valence-electron chi connectivity index (χ2n) is 5.23. The minimum atomic E-state index is -0.556. The molecule has 0 N–H and O–H groups in total. The molecule has 0 saturated heterocycles. The Balaban J connectivity index is 2.15. The Morgan fingerprint density at radius 1 is 1.38 bits per heavy atom. The van der Waals surface area contributed by atoms with E-state index in [1.807, 2.05) is 25.1 Å². The fraction of sp³-hybridized carbons (Fsp3) is 0.176. The van der Waals surface area contributed by atoms with Crippen LogP contribution in [0.2, 0.25) is 5.02 Å². The maximum Gasteiger partial charge on any atom is 0.361 e. The average Bonchev–Trinajstić information content (AvgIpc) is 2.90. The van der Waals surface area contributed by atoms with E-state index in [1.165, 1.54) is 6.08 Å². The van der Waals surface area contributed by atoms with Crippen LogP contribution in [-0.4, -0.2) is 32.4 Å². The monoisotopic (exact) mass is 342 g/mol. The standard InChI is InChI=1S/C17H15ClN4O2/c1-4-8-24-17(23)15-11(3)22-16(20-19-15)14(10(2)21-22)12-6-5-7-13(18)9-12/h4-7,9H,1,8H2,2-3H3. The number of carbonyl (C=O) groups is 1. The first-order valence-electron chi connectivity index (χ1n) is 7.29. The molecule has 2 aromatic heterocycles. The number of esters is 1. The number of aromatic nitrogens is 4. The quantitative estimate of drug-likeness (QED) is 0.537. The van der Waals surface area contributed by atoms with Gasteiger partial charge in [-0.3, -0.25) is 0 Å². The molecule has 0 aliphatic heterocycles. The number of hydrogen-bond donors (Lipinski definition) is 0. The van der Waals surface area contributed by atoms with Crippen molar-refractivity contribution in [2.45, 2.75) is 13.8 Å². The molecule has 0 unspecified atom stereocenters. The van der Waals surface area contributed by atoms with Crippen LogP contribution in [0.25, 0.3) is 16.8 Å². The molecule has 0 atom stereocenters. The second-order valence-corrected chi connectivity index (χ2v) is 5.66. The number of rotatable bonds is 4. The van der Waals surface area contributed by atoms with Crippen LogP contribution < -0.4 is 0 Å². The predicted octanol–water partition coefficient (Wildman–Crippen LogP) is 3.40. The van der Waals surface area contributed by atoms with E-state index < -0.39 is 5.97 Å². The summed E-state index contributed by atoms with van der Waals surface area (Å²) in [5.74, 6) is -0.556. The SMILES string of the molecule is C=CCOC(=O)c1nnc2c(-c3cccc(Cl)c3)c(C)nn2c1C. The topological polar surface area (TPSA) is 69.4 Å². The Labute approximate surface area is 143 Å². The Hall–Kier alpha value is -2.73. The summed E-state index contributed by atoms with van der Waals surface area (Å²) in [5.41, 5.74) is 3.75. The summed E-state index contributed by atoms with van der Waals surface area (Å²) >= 11 is 6.08. The summed E-state index contributed by atoms with van der Waals surface area (Å²) in [6.07, 6.45) is 1.49. The molecule has 0 aliphatic carbocycles. The van der Waals surface area contributed by atoms with Crippen LogP contribution >= 0.6 is 11.6 Å². The Kier molecular flexibility index (Phi) is 4.31. The van der Waals surface area contributed by atoms with Crippen molar-refractivity contribution in [3.05, 3.63) is 59.0 Å². The molecule has 0 spiro atoms. The van der Waals surface area contributed by atoms with Crippen LogP contribution in [0.4, 0.5) is 0 Å². The number of benzene rings is 1. The highest BCUT2D eigenvalue weighted by molar-refractivity contribution is 6.30. The molecule has 122 valence electrons. The van der Waals surface area contributed by atoms with Gasteiger partial charge in [0.15, 0.2) is 11.3 Å². The maximum atomic E-state index is 12.0. The summed E-state index contributed by atoms with van der Waals surface area (Å²) in [7, 11) is 0. The van der Waals surface area contributed by atoms with Crippen molar-refractivity contribution in [3.63, 3.8) is 0 Å². The van der Waals surface area contributed by atoms with E-state index in [2.05, 4.69) is 21.9 Å². The molecule has 0 saturated carbocycles. The molecule has 2 heterocycles. The molecule has 24 heavy (non-hydrogen) atoms. The summed E-state index contributed by atoms with van der Waals surface area (Å²) in [4.78, 5) is 12.0. The first-order chi connectivity index (χ1) is 11.5. The average molecular weight is 343 g/mol. The normalized spacial score (nSPS) is 10.8. The van der Waals surface area contributed by atoms with Gasteiger partial charge in [0.25, 0.3) is 0 Å². The number of halogens is 1. The smallest absolute Gasteiger partial charge is 0.361 e. The summed E-state index contributed by atoms with van der Waals surface area (Å²) in [6, 6.07) is 7.44. The second kappa shape index (κ2) is 6.41. The van der Waals surface area contributed by atoms with Gasteiger partial charge in [-0.1, -0.05) is 36.4 Å². The fourth-order valence-electron chi connectivity index (χ4n) is 2.48. The van der Waals surface area contributed by atoms with Gasteiger partial charge < -0.3 is 4.74 Å². The molecule has 6 nitrogen and oxygen atoms in total. The molecule has 7 heteroatoms. The molecule has 0 amide bonds. The lowest BCUT2D eigenvalue weighted by atomic mass is 10.1. The zero-order valence-electron chi connectivity index (χ0n) is 13.3. The van der Waals surface area contributed by atoms with E-state index in [0.717, 1.165) is 16.8 Å². The molecular formula is C17H15ClN4O2. The first kappa shape index (κ1) is 16.1. The lowest BCUT2D eigenvalue weighted by molar-refractivity contribution is 0.0539. The van der Waals surface area contributed by atoms with Gasteiger partial charge in [-0.15, -0.1) is 10.2 Å². The highest BCUT2D eigenvalue weighted by atomic mass is 35.5. The van der Waals surface area contributed by atoms with Crippen molar-refractivity contribution in [2.24, 2.45) is 0 Å². The van der Waals surface area contributed by atoms with Gasteiger partial charge in [-0.2, -0.15) is 5.10 Å². The molecule has 0 radical (unpaired) electrons. The van der Waals surface area contributed by atoms with Crippen molar-refractivity contribution in [2.75, 3.05) is 6.61 Å². The third-order valence-corrected chi connectivity index (χ3v) is 3.82. The van der Waals surface area contributed by atoms with Crippen molar-refractivity contribution < 1.29 is 9.53 Å². The minimum absolute atomic E-state index is 0.115. The number of nitrogens with zero attached hydrogens (tertiary/aromatic N) is 4. The number of ether oxygens (including phenoxy) is 1. The first-order valence-corrected chi connectivity index (χ1v) is 7.67. The lowest BCUT2D eigenvalue weighted by Gasteiger charge is -2.06. The van der Waals surface area contributed by atoms with Gasteiger partial charge in [0.2, 0.25) is 0 Å². The van der Waals surface area contributed by atoms with Gasteiger partial charge in [-0.05, 0) is 31.5 Å². The minimum Gasteiger partial charge on any atom is -0.457 e. The molecule has 0 fully saturated rings. The molecular weight excluding hydrogens is 328 g/mol. The molecule has 3 aromatic rings. The fourth-order valence-corrected chi connectivity index (χ4v) is 2.68. The summed E-state index contributed by atoms with van der Waals surface area (Å²) in [5, 5.41) is 13.3. The van der Waals surface area contributed by atoms with Crippen molar-refractivity contribution >= 4 is 23.2 Å². The number of fused-ring (bicyclic) bond motifs is 1. The van der Waals surface area contributed by atoms with E-state index in [-0.39, 0.29) is 12.3 Å². The van der Waals surface area contributed by atoms with Gasteiger partial charge in [-0.25, -0.2) is 9.31 Å². The van der Waals surface area contributed by atoms with Crippen LogP contribution in [0, 0.1) is 13.8 Å². The van der Waals surface area contributed by atoms with Crippen LogP contribution in [0.15, 0.2) is 36.9 Å². The maximum absolute atomic E-state index is 12.0. The van der Waals surface area contributed by atoms with Crippen molar-refractivity contribution in [3.8, 4) is 11.1 Å². The van der Waals surface area contributed by atoms with Crippen LogP contribution in [0.3, 0.4) is 0 Å². The Bertz CT molecular complexity index is 949. The lowest BCUT2D eigenvalue weighted by Crippen LogP contribution is -2.14. The molecule has 0 aliphatic rings. The van der Waals surface area contributed by atoms with Crippen LogP contribution in [-0.2, 0) is 4.74 Å². The largest absolute Gasteiger partial charge is 0.457 e. The number of hydrogen-bond acceptors (Lipinski definition) is 5. The number of aryl methyl sites for hydroxylation is 2. The van der Waals surface area contributed by atoms with E-state index in [4.69, 9.17) is 16.3 Å². The van der Waals surface area contributed by atoms with E-state index >= 15 is 0 Å². The third kappa shape index (κ3) is 2.76. The molecule has 3 rings (SSSR count). The van der Waals surface area contributed by atoms with Crippen LogP contribution in [0.5, 0.6) is 0 Å².